The monoisotopic (exact) mass is 580 g/mol. The Labute approximate surface area is 240 Å². The molecule has 14 heteroatoms. The summed E-state index contributed by atoms with van der Waals surface area (Å²) in [7, 11) is 4.06. The molecule has 1 aliphatic heterocycles. The zero-order chi connectivity index (χ0) is 30.4. The number of benzene rings is 1. The quantitative estimate of drug-likeness (QED) is 0.203. The molecule has 0 bridgehead atoms. The molecule has 0 spiro atoms. The summed E-state index contributed by atoms with van der Waals surface area (Å²) in [5.41, 5.74) is 0.907. The summed E-state index contributed by atoms with van der Waals surface area (Å²) in [6, 6.07) is 5.90. The average molecular weight is 581 g/mol. The molecule has 2 rings (SSSR count). The summed E-state index contributed by atoms with van der Waals surface area (Å²) in [4.78, 5) is 55.2. The SMILES string of the molecule is CN1CCN(C)CCN(CC(CCCc2ccc([N+](=O)[O-])cc2)N(CC(=O)O)CC(=O)O)CCN(CC(=O)O)CC1. The molecule has 1 atom stereocenters. The Hall–Kier alpha value is -3.17. The van der Waals surface area contributed by atoms with Crippen LogP contribution in [0.4, 0.5) is 5.69 Å². The second kappa shape index (κ2) is 17.6. The zero-order valence-electron chi connectivity index (χ0n) is 24.1. The Morgan fingerprint density at radius 1 is 0.829 bits per heavy atom. The minimum Gasteiger partial charge on any atom is -0.480 e. The van der Waals surface area contributed by atoms with Crippen molar-refractivity contribution in [3.63, 3.8) is 0 Å². The van der Waals surface area contributed by atoms with Crippen LogP contribution >= 0.6 is 0 Å². The summed E-state index contributed by atoms with van der Waals surface area (Å²) in [5.74, 6) is -3.13. The number of non-ortho nitro benzene ring substituents is 1. The maximum Gasteiger partial charge on any atom is 0.317 e. The van der Waals surface area contributed by atoms with E-state index in [9.17, 15) is 39.8 Å². The van der Waals surface area contributed by atoms with E-state index in [2.05, 4.69) is 14.7 Å². The van der Waals surface area contributed by atoms with E-state index in [1.165, 1.54) is 17.0 Å². The number of hydrogen-bond acceptors (Lipinski definition) is 10. The third kappa shape index (κ3) is 13.8. The van der Waals surface area contributed by atoms with E-state index in [1.807, 2.05) is 19.0 Å². The van der Waals surface area contributed by atoms with E-state index in [0.29, 0.717) is 52.0 Å². The van der Waals surface area contributed by atoms with Gasteiger partial charge in [-0.3, -0.25) is 39.2 Å². The maximum atomic E-state index is 11.7. The minimum atomic E-state index is -1.11. The van der Waals surface area contributed by atoms with E-state index >= 15 is 0 Å². The lowest BCUT2D eigenvalue weighted by molar-refractivity contribution is -0.384. The van der Waals surface area contributed by atoms with Crippen LogP contribution in [0.2, 0.25) is 0 Å². The number of nitro groups is 1. The lowest BCUT2D eigenvalue weighted by Crippen LogP contribution is -2.51. The number of hydrogen-bond donors (Lipinski definition) is 3. The molecule has 1 aliphatic rings. The minimum absolute atomic E-state index is 0.00424. The first-order chi connectivity index (χ1) is 19.4. The molecular formula is C27H44N6O8. The van der Waals surface area contributed by atoms with Crippen molar-refractivity contribution in [2.75, 3.05) is 92.6 Å². The molecule has 41 heavy (non-hydrogen) atoms. The van der Waals surface area contributed by atoms with Gasteiger partial charge in [0.2, 0.25) is 0 Å². The van der Waals surface area contributed by atoms with Crippen LogP contribution in [-0.4, -0.2) is 161 Å². The maximum absolute atomic E-state index is 11.7. The molecule has 1 fully saturated rings. The van der Waals surface area contributed by atoms with E-state index in [0.717, 1.165) is 31.7 Å². The highest BCUT2D eigenvalue weighted by Gasteiger charge is 2.26. The first kappa shape index (κ1) is 34.0. The van der Waals surface area contributed by atoms with Crippen molar-refractivity contribution in [1.29, 1.82) is 0 Å². The van der Waals surface area contributed by atoms with Crippen LogP contribution in [0.1, 0.15) is 18.4 Å². The number of carbonyl (C=O) groups is 3. The Kier molecular flexibility index (Phi) is 14.6. The fraction of sp³-hybridized carbons (Fsp3) is 0.667. The summed E-state index contributed by atoms with van der Waals surface area (Å²) < 4.78 is 0. The lowest BCUT2D eigenvalue weighted by Gasteiger charge is -2.36. The number of nitro benzene ring substituents is 1. The molecule has 1 aromatic rings. The molecule has 1 saturated heterocycles. The van der Waals surface area contributed by atoms with Crippen molar-refractivity contribution in [2.24, 2.45) is 0 Å². The number of carboxylic acids is 3. The van der Waals surface area contributed by atoms with Crippen molar-refractivity contribution in [3.05, 3.63) is 39.9 Å². The fourth-order valence-corrected chi connectivity index (χ4v) is 4.90. The van der Waals surface area contributed by atoms with Crippen LogP contribution in [0, 0.1) is 10.1 Å². The van der Waals surface area contributed by atoms with Crippen molar-refractivity contribution in [1.82, 2.24) is 24.5 Å². The molecule has 0 saturated carbocycles. The zero-order valence-corrected chi connectivity index (χ0v) is 24.1. The average Bonchev–Trinajstić information content (AvgIpc) is 2.89. The standard InChI is InChI=1S/C27H44N6O8/c1-28-10-11-29(2)13-15-31(19-25(34)35)17-16-30(14-12-28)18-24(32(20-26(36)37)21-27(38)39)5-3-4-22-6-8-23(9-7-22)33(40)41/h6-9,24H,3-5,10-21H2,1-2H3,(H,34,35)(H,36,37)(H,38,39). The van der Waals surface area contributed by atoms with Gasteiger partial charge in [-0.2, -0.15) is 0 Å². The lowest BCUT2D eigenvalue weighted by atomic mass is 10.0. The van der Waals surface area contributed by atoms with Gasteiger partial charge in [0.15, 0.2) is 0 Å². The second-order valence-electron chi connectivity index (χ2n) is 10.7. The molecule has 1 aromatic carbocycles. The van der Waals surface area contributed by atoms with Gasteiger partial charge in [-0.05, 0) is 38.9 Å². The number of carboxylic acid groups (broad SMARTS) is 3. The van der Waals surface area contributed by atoms with E-state index in [4.69, 9.17) is 0 Å². The summed E-state index contributed by atoms with van der Waals surface area (Å²) in [6.07, 6.45) is 1.75. The summed E-state index contributed by atoms with van der Waals surface area (Å²) >= 11 is 0. The number of rotatable bonds is 14. The summed E-state index contributed by atoms with van der Waals surface area (Å²) in [5, 5.41) is 39.4. The predicted molar refractivity (Wildman–Crippen MR) is 152 cm³/mol. The van der Waals surface area contributed by atoms with Gasteiger partial charge in [0.05, 0.1) is 24.6 Å². The van der Waals surface area contributed by atoms with Crippen molar-refractivity contribution >= 4 is 23.6 Å². The van der Waals surface area contributed by atoms with E-state index in [1.54, 1.807) is 12.1 Å². The van der Waals surface area contributed by atoms with Crippen LogP contribution in [0.15, 0.2) is 24.3 Å². The van der Waals surface area contributed by atoms with Crippen LogP contribution in [0.3, 0.4) is 0 Å². The normalized spacial score (nSPS) is 17.9. The van der Waals surface area contributed by atoms with Crippen LogP contribution in [-0.2, 0) is 20.8 Å². The first-order valence-electron chi connectivity index (χ1n) is 13.9. The van der Waals surface area contributed by atoms with Crippen molar-refractivity contribution in [2.45, 2.75) is 25.3 Å². The van der Waals surface area contributed by atoms with Gasteiger partial charge in [-0.15, -0.1) is 0 Å². The highest BCUT2D eigenvalue weighted by Crippen LogP contribution is 2.17. The van der Waals surface area contributed by atoms with Crippen LogP contribution in [0.25, 0.3) is 0 Å². The second-order valence-corrected chi connectivity index (χ2v) is 10.7. The number of aliphatic carboxylic acids is 3. The Morgan fingerprint density at radius 3 is 1.83 bits per heavy atom. The van der Waals surface area contributed by atoms with Crippen LogP contribution in [0.5, 0.6) is 0 Å². The number of nitrogens with zero attached hydrogens (tertiary/aromatic N) is 6. The fourth-order valence-electron chi connectivity index (χ4n) is 4.90. The Balaban J connectivity index is 2.21. The topological polar surface area (TPSA) is 171 Å². The molecule has 230 valence electrons. The van der Waals surface area contributed by atoms with Gasteiger partial charge >= 0.3 is 17.9 Å². The molecule has 1 unspecified atom stereocenters. The molecule has 3 N–H and O–H groups in total. The third-order valence-corrected chi connectivity index (χ3v) is 7.36. The predicted octanol–water partition coefficient (Wildman–Crippen LogP) is 0.323. The molecule has 0 aromatic heterocycles. The van der Waals surface area contributed by atoms with Gasteiger partial charge in [0.1, 0.15) is 0 Å². The summed E-state index contributed by atoms with van der Waals surface area (Å²) in [6.45, 7) is 5.00. The van der Waals surface area contributed by atoms with Crippen molar-refractivity contribution in [3.8, 4) is 0 Å². The van der Waals surface area contributed by atoms with Gasteiger partial charge in [-0.25, -0.2) is 0 Å². The molecule has 0 radical (unpaired) electrons. The highest BCUT2D eigenvalue weighted by atomic mass is 16.6. The highest BCUT2D eigenvalue weighted by molar-refractivity contribution is 5.72. The number of likely N-dealkylation sites (N-methyl/N-ethyl adjacent to an activating group) is 2. The van der Waals surface area contributed by atoms with Gasteiger partial charge in [-0.1, -0.05) is 12.1 Å². The van der Waals surface area contributed by atoms with Crippen LogP contribution < -0.4 is 0 Å². The Bertz CT molecular complexity index is 979. The molecule has 0 amide bonds. The molecule has 14 nitrogen and oxygen atoms in total. The van der Waals surface area contributed by atoms with E-state index < -0.39 is 35.9 Å². The largest absolute Gasteiger partial charge is 0.480 e. The van der Waals surface area contributed by atoms with Crippen molar-refractivity contribution < 1.29 is 34.6 Å². The van der Waals surface area contributed by atoms with Gasteiger partial charge in [0, 0.05) is 77.1 Å². The first-order valence-corrected chi connectivity index (χ1v) is 13.9. The number of aryl methyl sites for hydroxylation is 1. The molecule has 0 aliphatic carbocycles. The van der Waals surface area contributed by atoms with Gasteiger partial charge in [0.25, 0.3) is 5.69 Å². The molecular weight excluding hydrogens is 536 g/mol. The Morgan fingerprint density at radius 2 is 1.32 bits per heavy atom. The smallest absolute Gasteiger partial charge is 0.317 e. The van der Waals surface area contributed by atoms with Gasteiger partial charge < -0.3 is 25.1 Å². The molecule has 1 heterocycles. The van der Waals surface area contributed by atoms with E-state index in [-0.39, 0.29) is 18.3 Å². The third-order valence-electron chi connectivity index (χ3n) is 7.36.